The minimum Gasteiger partial charge on any atom is -0.247 e. The van der Waals surface area contributed by atoms with E-state index in [1.165, 1.54) is 59.3 Å². The first-order chi connectivity index (χ1) is 18.4. The summed E-state index contributed by atoms with van der Waals surface area (Å²) in [6, 6.07) is 33.3. The number of fused-ring (bicyclic) bond motifs is 2. The molecule has 2 aromatic heterocycles. The first kappa shape index (κ1) is 24.6. The Bertz CT molecular complexity index is 1770. The van der Waals surface area contributed by atoms with Crippen LogP contribution in [0.15, 0.2) is 91.0 Å². The Kier molecular flexibility index (Phi) is 6.37. The molecule has 0 atom stereocenters. The first-order valence-electron chi connectivity index (χ1n) is 13.5. The number of thiophene rings is 1. The second-order valence-electron chi connectivity index (χ2n) is 10.9. The van der Waals surface area contributed by atoms with Gasteiger partial charge in [-0.3, -0.25) is 0 Å². The zero-order chi connectivity index (χ0) is 26.4. The van der Waals surface area contributed by atoms with Crippen LogP contribution in [0.3, 0.4) is 0 Å². The fraction of sp³-hybridized carbons (Fsp3) is 0.194. The number of benzene rings is 4. The summed E-state index contributed by atoms with van der Waals surface area (Å²) >= 11 is 1.85. The number of pyridine rings is 1. The molecule has 0 unspecified atom stereocenters. The Morgan fingerprint density at radius 2 is 1.42 bits per heavy atom. The molecule has 6 rings (SSSR count). The lowest BCUT2D eigenvalue weighted by Crippen LogP contribution is -1.98. The molecule has 6 aromatic rings. The molecule has 0 saturated heterocycles. The third-order valence-electron chi connectivity index (χ3n) is 7.35. The lowest BCUT2D eigenvalue weighted by molar-refractivity contribution is 0.647. The van der Waals surface area contributed by atoms with Gasteiger partial charge in [0.2, 0.25) is 0 Å². The Labute approximate surface area is 229 Å². The van der Waals surface area contributed by atoms with Gasteiger partial charge in [-0.2, -0.15) is 0 Å². The quantitative estimate of drug-likeness (QED) is 0.224. The minimum absolute atomic E-state index is 0.644. The van der Waals surface area contributed by atoms with Crippen molar-refractivity contribution in [2.75, 3.05) is 0 Å². The fourth-order valence-corrected chi connectivity index (χ4v) is 6.83. The number of aromatic nitrogens is 1. The molecule has 1 nitrogen and oxygen atoms in total. The maximum atomic E-state index is 5.22. The average molecular weight is 512 g/mol. The second-order valence-corrected chi connectivity index (χ2v) is 12.2. The van der Waals surface area contributed by atoms with Crippen LogP contribution < -0.4 is 0 Å². The molecule has 2 heteroatoms. The summed E-state index contributed by atoms with van der Waals surface area (Å²) < 4.78 is 1.28. The van der Waals surface area contributed by atoms with Crippen LogP contribution in [0.25, 0.3) is 54.5 Å². The Morgan fingerprint density at radius 3 is 2.16 bits per heavy atom. The third-order valence-corrected chi connectivity index (χ3v) is 8.42. The molecule has 4 aromatic carbocycles. The first-order valence-corrected chi connectivity index (χ1v) is 14.3. The molecule has 0 bridgehead atoms. The van der Waals surface area contributed by atoms with Gasteiger partial charge in [-0.25, -0.2) is 4.98 Å². The lowest BCUT2D eigenvalue weighted by Gasteiger charge is -2.16. The van der Waals surface area contributed by atoms with Gasteiger partial charge < -0.3 is 0 Å². The summed E-state index contributed by atoms with van der Waals surface area (Å²) in [5.74, 6) is 0.644. The van der Waals surface area contributed by atoms with Crippen molar-refractivity contribution >= 4 is 32.3 Å². The van der Waals surface area contributed by atoms with E-state index < -0.39 is 0 Å². The summed E-state index contributed by atoms with van der Waals surface area (Å²) in [5.41, 5.74) is 12.5. The zero-order valence-electron chi connectivity index (χ0n) is 22.8. The Hall–Kier alpha value is -3.75. The van der Waals surface area contributed by atoms with E-state index in [4.69, 9.17) is 4.98 Å². The highest BCUT2D eigenvalue weighted by Crippen LogP contribution is 2.41. The number of hydrogen-bond donors (Lipinski definition) is 0. The fourth-order valence-electron chi connectivity index (χ4n) is 5.86. The molecule has 0 amide bonds. The van der Waals surface area contributed by atoms with Gasteiger partial charge in [0.05, 0.1) is 15.9 Å². The predicted octanol–water partition coefficient (Wildman–Crippen LogP) is 10.6. The van der Waals surface area contributed by atoms with Gasteiger partial charge in [0.25, 0.3) is 0 Å². The smallest absolute Gasteiger partial charge is 0.0826 e. The summed E-state index contributed by atoms with van der Waals surface area (Å²) in [6.45, 7) is 11.3. The number of aryl methyl sites for hydroxylation is 3. The molecule has 0 fully saturated rings. The van der Waals surface area contributed by atoms with Crippen molar-refractivity contribution in [2.24, 2.45) is 5.92 Å². The Morgan fingerprint density at radius 1 is 0.711 bits per heavy atom. The minimum atomic E-state index is 0.644. The maximum absolute atomic E-state index is 5.22. The molecular weight excluding hydrogens is 478 g/mol. The van der Waals surface area contributed by atoms with Crippen LogP contribution in [0, 0.1) is 26.7 Å². The van der Waals surface area contributed by atoms with E-state index in [-0.39, 0.29) is 0 Å². The van der Waals surface area contributed by atoms with Crippen molar-refractivity contribution in [3.8, 4) is 33.5 Å². The van der Waals surface area contributed by atoms with Gasteiger partial charge in [0.15, 0.2) is 0 Å². The van der Waals surface area contributed by atoms with Gasteiger partial charge >= 0.3 is 0 Å². The van der Waals surface area contributed by atoms with Crippen LogP contribution in [0.5, 0.6) is 0 Å². The zero-order valence-corrected chi connectivity index (χ0v) is 23.6. The molecule has 0 radical (unpaired) electrons. The lowest BCUT2D eigenvalue weighted by atomic mass is 9.90. The largest absolute Gasteiger partial charge is 0.247 e. The van der Waals surface area contributed by atoms with Crippen molar-refractivity contribution in [1.82, 2.24) is 4.98 Å². The average Bonchev–Trinajstić information content (AvgIpc) is 3.28. The van der Waals surface area contributed by atoms with E-state index in [9.17, 15) is 0 Å². The van der Waals surface area contributed by atoms with Crippen LogP contribution in [0.1, 0.15) is 35.4 Å². The van der Waals surface area contributed by atoms with Crippen molar-refractivity contribution in [3.63, 3.8) is 0 Å². The second kappa shape index (κ2) is 9.85. The number of hydrogen-bond acceptors (Lipinski definition) is 2. The van der Waals surface area contributed by atoms with E-state index in [2.05, 4.69) is 126 Å². The van der Waals surface area contributed by atoms with Crippen LogP contribution in [0.2, 0.25) is 0 Å². The van der Waals surface area contributed by atoms with Crippen LogP contribution in [-0.2, 0) is 6.42 Å². The molecule has 0 saturated carbocycles. The Balaban J connectivity index is 1.60. The van der Waals surface area contributed by atoms with E-state index in [0.717, 1.165) is 23.2 Å². The highest BCUT2D eigenvalue weighted by Gasteiger charge is 2.17. The standard InChI is InChI=1S/C36H33NS/c1-22(2)15-26-16-23(3)35(24(4)17-26)32-21-33(37-34-18-25(5)38-36(32)34)29-19-28-13-9-10-14-30(28)31(20-29)27-11-7-6-8-12-27/h6-14,16-22H,15H2,1-5H3. The summed E-state index contributed by atoms with van der Waals surface area (Å²) in [5, 5.41) is 2.50. The summed E-state index contributed by atoms with van der Waals surface area (Å²) in [4.78, 5) is 6.51. The van der Waals surface area contributed by atoms with Crippen molar-refractivity contribution in [2.45, 2.75) is 41.0 Å². The molecular formula is C36H33NS. The SMILES string of the molecule is Cc1cc2nc(-c3cc(-c4ccccc4)c4ccccc4c3)cc(-c3c(C)cc(CC(C)C)cc3C)c2s1. The van der Waals surface area contributed by atoms with Crippen LogP contribution in [0.4, 0.5) is 0 Å². The van der Waals surface area contributed by atoms with E-state index >= 15 is 0 Å². The molecule has 38 heavy (non-hydrogen) atoms. The van der Waals surface area contributed by atoms with Crippen LogP contribution in [-0.4, -0.2) is 4.98 Å². The monoisotopic (exact) mass is 511 g/mol. The van der Waals surface area contributed by atoms with Gasteiger partial charge in [-0.15, -0.1) is 11.3 Å². The molecule has 2 heterocycles. The van der Waals surface area contributed by atoms with Crippen LogP contribution >= 0.6 is 11.3 Å². The van der Waals surface area contributed by atoms with Gasteiger partial charge in [-0.1, -0.05) is 80.6 Å². The summed E-state index contributed by atoms with van der Waals surface area (Å²) in [7, 11) is 0. The third kappa shape index (κ3) is 4.54. The highest BCUT2D eigenvalue weighted by molar-refractivity contribution is 7.19. The molecule has 0 spiro atoms. The van der Waals surface area contributed by atoms with Crippen molar-refractivity contribution < 1.29 is 0 Å². The van der Waals surface area contributed by atoms with Gasteiger partial charge in [0.1, 0.15) is 0 Å². The van der Waals surface area contributed by atoms with Gasteiger partial charge in [0, 0.05) is 16.0 Å². The van der Waals surface area contributed by atoms with E-state index in [0.29, 0.717) is 5.92 Å². The maximum Gasteiger partial charge on any atom is 0.0826 e. The van der Waals surface area contributed by atoms with Crippen molar-refractivity contribution in [3.05, 3.63) is 113 Å². The topological polar surface area (TPSA) is 12.9 Å². The molecule has 0 N–H and O–H groups in total. The number of rotatable bonds is 5. The molecule has 0 aliphatic carbocycles. The summed E-state index contributed by atoms with van der Waals surface area (Å²) in [6.07, 6.45) is 1.11. The van der Waals surface area contributed by atoms with Crippen molar-refractivity contribution in [1.29, 1.82) is 0 Å². The normalized spacial score (nSPS) is 11.6. The van der Waals surface area contributed by atoms with E-state index in [1.807, 2.05) is 11.3 Å². The van der Waals surface area contributed by atoms with Gasteiger partial charge in [-0.05, 0) is 102 Å². The van der Waals surface area contributed by atoms with E-state index in [1.54, 1.807) is 0 Å². The highest BCUT2D eigenvalue weighted by atomic mass is 32.1. The molecule has 0 aliphatic heterocycles. The predicted molar refractivity (Wildman–Crippen MR) is 166 cm³/mol. The molecule has 188 valence electrons. The molecule has 0 aliphatic rings. The number of nitrogens with zero attached hydrogens (tertiary/aromatic N) is 1.